The number of fused-ring (bicyclic) bond motifs is 2. The molecule has 1 saturated carbocycles. The van der Waals surface area contributed by atoms with Crippen LogP contribution in [0.1, 0.15) is 67.2 Å². The summed E-state index contributed by atoms with van der Waals surface area (Å²) in [4.78, 5) is 24.2. The Bertz CT molecular complexity index is 593. The molecule has 5 aliphatic rings. The summed E-state index contributed by atoms with van der Waals surface area (Å²) in [5.41, 5.74) is -0.929. The fraction of sp³-hybridized carbons (Fsp3) is 0.950. The molecular formula is C20H32O6. The van der Waals surface area contributed by atoms with Gasteiger partial charge in [-0.3, -0.25) is 4.79 Å². The van der Waals surface area contributed by atoms with Crippen LogP contribution < -0.4 is 0 Å². The van der Waals surface area contributed by atoms with E-state index in [-0.39, 0.29) is 23.2 Å². The number of hydrogen-bond acceptors (Lipinski definition) is 6. The molecule has 8 atom stereocenters. The summed E-state index contributed by atoms with van der Waals surface area (Å²) in [6.07, 6.45) is 2.60. The first kappa shape index (κ1) is 18.7. The molecule has 1 unspecified atom stereocenters. The van der Waals surface area contributed by atoms with Crippen molar-refractivity contribution in [1.82, 2.24) is 0 Å². The van der Waals surface area contributed by atoms with Gasteiger partial charge in [-0.2, -0.15) is 0 Å². The molecule has 1 spiro atoms. The minimum atomic E-state index is -0.818. The predicted octanol–water partition coefficient (Wildman–Crippen LogP) is 3.78. The Balaban J connectivity index is 1.75. The van der Waals surface area contributed by atoms with Crippen molar-refractivity contribution in [2.75, 3.05) is 0 Å². The first-order valence-electron chi connectivity index (χ1n) is 10.0. The molecule has 0 aromatic carbocycles. The van der Waals surface area contributed by atoms with Crippen LogP contribution in [0.3, 0.4) is 0 Å². The molecule has 5 fully saturated rings. The molecule has 4 aliphatic heterocycles. The highest BCUT2D eigenvalue weighted by atomic mass is 17.3. The van der Waals surface area contributed by atoms with Crippen LogP contribution in [0, 0.1) is 29.1 Å². The SMILES string of the molecule is CC(C)C(=O)OC1O[C@@H]2O[C@]3(C)CC[C@H]4[C@H](C)CC[C@@](C)([C@H]1C)[C@@]24OO3. The van der Waals surface area contributed by atoms with Gasteiger partial charge in [-0.05, 0) is 38.0 Å². The van der Waals surface area contributed by atoms with Crippen molar-refractivity contribution in [3.63, 3.8) is 0 Å². The van der Waals surface area contributed by atoms with E-state index in [0.29, 0.717) is 11.8 Å². The van der Waals surface area contributed by atoms with Gasteiger partial charge in [0.05, 0.1) is 5.92 Å². The molecule has 0 radical (unpaired) electrons. The molecule has 6 heteroatoms. The Morgan fingerprint density at radius 2 is 1.85 bits per heavy atom. The van der Waals surface area contributed by atoms with Crippen molar-refractivity contribution in [1.29, 1.82) is 0 Å². The average Bonchev–Trinajstić information content (AvgIpc) is 2.81. The van der Waals surface area contributed by atoms with E-state index in [1.165, 1.54) is 0 Å². The Labute approximate surface area is 155 Å². The Hall–Kier alpha value is -0.690. The van der Waals surface area contributed by atoms with E-state index >= 15 is 0 Å². The first-order chi connectivity index (χ1) is 12.1. The third-order valence-corrected chi connectivity index (χ3v) is 7.60. The van der Waals surface area contributed by atoms with Gasteiger partial charge >= 0.3 is 5.97 Å². The van der Waals surface area contributed by atoms with Crippen molar-refractivity contribution in [3.8, 4) is 0 Å². The number of carbonyl (C=O) groups is 1. The van der Waals surface area contributed by atoms with Crippen molar-refractivity contribution < 1.29 is 28.8 Å². The fourth-order valence-electron chi connectivity index (χ4n) is 5.55. The number of carbonyl (C=O) groups excluding carboxylic acids is 1. The van der Waals surface area contributed by atoms with Crippen LogP contribution in [0.15, 0.2) is 0 Å². The zero-order valence-corrected chi connectivity index (χ0v) is 16.7. The van der Waals surface area contributed by atoms with Crippen LogP contribution in [-0.2, 0) is 28.8 Å². The summed E-state index contributed by atoms with van der Waals surface area (Å²) in [6, 6.07) is 0. The Kier molecular flexibility index (Phi) is 4.24. The third-order valence-electron chi connectivity index (χ3n) is 7.60. The molecule has 0 aromatic heterocycles. The van der Waals surface area contributed by atoms with Gasteiger partial charge in [-0.1, -0.05) is 34.6 Å². The zero-order chi connectivity index (χ0) is 18.9. The monoisotopic (exact) mass is 368 g/mol. The lowest BCUT2D eigenvalue weighted by atomic mass is 9.50. The van der Waals surface area contributed by atoms with Crippen molar-refractivity contribution in [3.05, 3.63) is 0 Å². The molecule has 26 heavy (non-hydrogen) atoms. The maximum Gasteiger partial charge on any atom is 0.310 e. The van der Waals surface area contributed by atoms with Gasteiger partial charge in [-0.15, -0.1) is 0 Å². The van der Waals surface area contributed by atoms with Gasteiger partial charge in [0, 0.05) is 17.8 Å². The molecule has 6 nitrogen and oxygen atoms in total. The lowest BCUT2D eigenvalue weighted by Crippen LogP contribution is -2.74. The molecule has 0 N–H and O–H groups in total. The molecule has 148 valence electrons. The highest BCUT2D eigenvalue weighted by Crippen LogP contribution is 2.66. The second-order valence-electron chi connectivity index (χ2n) is 9.51. The van der Waals surface area contributed by atoms with Gasteiger partial charge in [0.1, 0.15) is 0 Å². The van der Waals surface area contributed by atoms with Crippen LogP contribution in [0.2, 0.25) is 0 Å². The van der Waals surface area contributed by atoms with Crippen molar-refractivity contribution >= 4 is 5.97 Å². The number of esters is 1. The summed E-state index contributed by atoms with van der Waals surface area (Å²) in [7, 11) is 0. The highest BCUT2D eigenvalue weighted by Gasteiger charge is 2.74. The van der Waals surface area contributed by atoms with Crippen LogP contribution in [0.5, 0.6) is 0 Å². The Morgan fingerprint density at radius 3 is 2.54 bits per heavy atom. The van der Waals surface area contributed by atoms with E-state index in [1.807, 2.05) is 20.8 Å². The second kappa shape index (κ2) is 5.90. The van der Waals surface area contributed by atoms with Crippen molar-refractivity contribution in [2.24, 2.45) is 29.1 Å². The molecule has 2 bridgehead atoms. The van der Waals surface area contributed by atoms with E-state index in [4.69, 9.17) is 24.0 Å². The standard InChI is InChI=1S/C20H32O6/c1-11(2)15(21)22-16-13(4)18(5)9-7-12(3)14-8-10-19(6)24-17(23-16)20(14,18)26-25-19/h11-14,16-17H,7-10H2,1-6H3/t12-,13+,14+,16?,17-,18+,19+,20+/m1/s1. The predicted molar refractivity (Wildman–Crippen MR) is 92.4 cm³/mol. The summed E-state index contributed by atoms with van der Waals surface area (Å²) in [5.74, 6) is -0.489. The third kappa shape index (κ3) is 2.35. The minimum Gasteiger partial charge on any atom is -0.435 e. The normalized spacial score (nSPS) is 53.1. The van der Waals surface area contributed by atoms with E-state index < -0.39 is 24.0 Å². The topological polar surface area (TPSA) is 63.2 Å². The molecule has 4 saturated heterocycles. The summed E-state index contributed by atoms with van der Waals surface area (Å²) < 4.78 is 18.3. The smallest absolute Gasteiger partial charge is 0.310 e. The quantitative estimate of drug-likeness (QED) is 0.546. The molecule has 0 aromatic rings. The number of ether oxygens (including phenoxy) is 3. The minimum absolute atomic E-state index is 0.0221. The Morgan fingerprint density at radius 1 is 1.12 bits per heavy atom. The van der Waals surface area contributed by atoms with Crippen LogP contribution in [-0.4, -0.2) is 29.9 Å². The molecule has 4 heterocycles. The summed E-state index contributed by atoms with van der Waals surface area (Å²) >= 11 is 0. The van der Waals surface area contributed by atoms with E-state index in [1.54, 1.807) is 0 Å². The van der Waals surface area contributed by atoms with E-state index in [9.17, 15) is 4.79 Å². The average molecular weight is 368 g/mol. The van der Waals surface area contributed by atoms with E-state index in [0.717, 1.165) is 25.7 Å². The van der Waals surface area contributed by atoms with Gasteiger partial charge in [0.15, 0.2) is 11.9 Å². The summed E-state index contributed by atoms with van der Waals surface area (Å²) in [5, 5.41) is 0. The van der Waals surface area contributed by atoms with E-state index in [2.05, 4.69) is 20.8 Å². The van der Waals surface area contributed by atoms with Gasteiger partial charge in [0.25, 0.3) is 0 Å². The molecule has 1 aliphatic carbocycles. The number of rotatable bonds is 2. The van der Waals surface area contributed by atoms with Gasteiger partial charge in [-0.25, -0.2) is 9.78 Å². The molecule has 5 rings (SSSR count). The molecular weight excluding hydrogens is 336 g/mol. The summed E-state index contributed by atoms with van der Waals surface area (Å²) in [6.45, 7) is 12.2. The lowest BCUT2D eigenvalue weighted by Gasteiger charge is -2.65. The first-order valence-corrected chi connectivity index (χ1v) is 10.0. The maximum atomic E-state index is 12.2. The highest BCUT2D eigenvalue weighted by molar-refractivity contribution is 5.71. The van der Waals surface area contributed by atoms with Crippen LogP contribution >= 0.6 is 0 Å². The second-order valence-corrected chi connectivity index (χ2v) is 9.51. The van der Waals surface area contributed by atoms with Gasteiger partial charge in [0.2, 0.25) is 12.1 Å². The number of hydrogen-bond donors (Lipinski definition) is 0. The zero-order valence-electron chi connectivity index (χ0n) is 16.7. The van der Waals surface area contributed by atoms with Gasteiger partial charge < -0.3 is 14.2 Å². The lowest BCUT2D eigenvalue weighted by molar-refractivity contribution is -0.586. The van der Waals surface area contributed by atoms with Crippen LogP contribution in [0.25, 0.3) is 0 Å². The largest absolute Gasteiger partial charge is 0.435 e. The van der Waals surface area contributed by atoms with Crippen LogP contribution in [0.4, 0.5) is 0 Å². The van der Waals surface area contributed by atoms with Crippen molar-refractivity contribution in [2.45, 2.75) is 91.2 Å². The molecule has 0 amide bonds. The maximum absolute atomic E-state index is 12.2. The fourth-order valence-corrected chi connectivity index (χ4v) is 5.55.